The van der Waals surface area contributed by atoms with E-state index in [4.69, 9.17) is 0 Å². The molecule has 19 heavy (non-hydrogen) atoms. The summed E-state index contributed by atoms with van der Waals surface area (Å²) in [5.74, 6) is 0. The van der Waals surface area contributed by atoms with Gasteiger partial charge in [-0.25, -0.2) is 0 Å². The van der Waals surface area contributed by atoms with Crippen molar-refractivity contribution in [2.45, 2.75) is 32.7 Å². The van der Waals surface area contributed by atoms with Crippen molar-refractivity contribution in [3.05, 3.63) is 33.7 Å². The van der Waals surface area contributed by atoms with Gasteiger partial charge in [-0.1, -0.05) is 11.3 Å². The molecule has 0 saturated heterocycles. The molecule has 2 aromatic heterocycles. The Balaban J connectivity index is 1.99. The fourth-order valence-corrected chi connectivity index (χ4v) is 2.39. The monoisotopic (exact) mass is 278 g/mol. The predicted molar refractivity (Wildman–Crippen MR) is 77.4 cm³/mol. The molecular weight excluding hydrogens is 260 g/mol. The molecule has 2 rings (SSSR count). The van der Waals surface area contributed by atoms with E-state index in [1.165, 1.54) is 6.07 Å². The number of nitrogens with one attached hydrogen (secondary N) is 2. The summed E-state index contributed by atoms with van der Waals surface area (Å²) in [6.45, 7) is 7.29. The lowest BCUT2D eigenvalue weighted by Gasteiger charge is -2.19. The molecule has 2 aromatic rings. The van der Waals surface area contributed by atoms with Crippen LogP contribution in [0, 0.1) is 0 Å². The molecule has 0 bridgehead atoms. The molecule has 102 valence electrons. The highest BCUT2D eigenvalue weighted by Crippen LogP contribution is 2.21. The van der Waals surface area contributed by atoms with Crippen LogP contribution in [-0.4, -0.2) is 27.3 Å². The maximum Gasteiger partial charge on any atom is 0.247 e. The van der Waals surface area contributed by atoms with E-state index in [1.807, 2.05) is 0 Å². The Morgan fingerprint density at radius 1 is 1.32 bits per heavy atom. The van der Waals surface area contributed by atoms with Gasteiger partial charge in [0.05, 0.1) is 0 Å². The average molecular weight is 278 g/mol. The summed E-state index contributed by atoms with van der Waals surface area (Å²) in [5, 5.41) is 13.6. The molecule has 0 atom stereocenters. The largest absolute Gasteiger partial charge is 0.328 e. The number of nitrogens with zero attached hydrogens (tertiary/aromatic N) is 2. The summed E-state index contributed by atoms with van der Waals surface area (Å²) in [4.78, 5) is 13.6. The number of hydrogen-bond acceptors (Lipinski definition) is 5. The summed E-state index contributed by atoms with van der Waals surface area (Å²) in [6, 6.07) is 3.26. The van der Waals surface area contributed by atoms with Gasteiger partial charge in [-0.05, 0) is 26.8 Å². The molecule has 0 aromatic carbocycles. The quantitative estimate of drug-likeness (QED) is 0.895. The minimum atomic E-state index is -0.108. The second-order valence-electron chi connectivity index (χ2n) is 5.37. The van der Waals surface area contributed by atoms with Crippen LogP contribution in [0.1, 0.15) is 25.8 Å². The van der Waals surface area contributed by atoms with Crippen molar-refractivity contribution in [2.24, 2.45) is 0 Å². The highest BCUT2D eigenvalue weighted by molar-refractivity contribution is 7.14. The minimum Gasteiger partial charge on any atom is -0.328 e. The molecule has 6 heteroatoms. The fourth-order valence-electron chi connectivity index (χ4n) is 1.56. The molecule has 0 unspecified atom stereocenters. The van der Waals surface area contributed by atoms with E-state index in [-0.39, 0.29) is 11.1 Å². The van der Waals surface area contributed by atoms with Crippen LogP contribution in [0.15, 0.2) is 23.1 Å². The van der Waals surface area contributed by atoms with Crippen LogP contribution < -0.4 is 10.9 Å². The van der Waals surface area contributed by atoms with Crippen molar-refractivity contribution >= 4 is 11.3 Å². The number of aromatic amines is 1. The molecule has 0 aliphatic carbocycles. The third-order valence-electron chi connectivity index (χ3n) is 2.49. The maximum absolute atomic E-state index is 11.0. The number of rotatable bonds is 4. The van der Waals surface area contributed by atoms with Gasteiger partial charge in [0, 0.05) is 36.3 Å². The third kappa shape index (κ3) is 4.25. The molecule has 0 aliphatic rings. The first-order valence-electron chi connectivity index (χ1n) is 6.20. The van der Waals surface area contributed by atoms with Gasteiger partial charge in [0.1, 0.15) is 10.0 Å². The van der Waals surface area contributed by atoms with Crippen molar-refractivity contribution in [3.8, 4) is 10.6 Å². The van der Waals surface area contributed by atoms with Crippen molar-refractivity contribution < 1.29 is 0 Å². The average Bonchev–Trinajstić information content (AvgIpc) is 2.77. The van der Waals surface area contributed by atoms with Crippen LogP contribution in [0.3, 0.4) is 0 Å². The van der Waals surface area contributed by atoms with Crippen molar-refractivity contribution in [3.63, 3.8) is 0 Å². The van der Waals surface area contributed by atoms with E-state index in [0.717, 1.165) is 28.5 Å². The fraction of sp³-hybridized carbons (Fsp3) is 0.462. The number of aromatic nitrogens is 3. The van der Waals surface area contributed by atoms with E-state index in [2.05, 4.69) is 41.3 Å². The SMILES string of the molecule is CC(C)(C)NCCc1nnc(-c2ccc(=O)[nH]c2)s1. The zero-order valence-electron chi connectivity index (χ0n) is 11.4. The van der Waals surface area contributed by atoms with Crippen molar-refractivity contribution in [1.29, 1.82) is 0 Å². The second-order valence-corrected chi connectivity index (χ2v) is 6.43. The molecule has 2 heterocycles. The van der Waals surface area contributed by atoms with E-state index in [1.54, 1.807) is 23.6 Å². The van der Waals surface area contributed by atoms with Gasteiger partial charge in [-0.2, -0.15) is 0 Å². The first-order valence-corrected chi connectivity index (χ1v) is 7.02. The number of H-pyrrole nitrogens is 1. The maximum atomic E-state index is 11.0. The van der Waals surface area contributed by atoms with Crippen LogP contribution in [0.5, 0.6) is 0 Å². The normalized spacial score (nSPS) is 11.7. The Morgan fingerprint density at radius 3 is 2.74 bits per heavy atom. The molecular formula is C13H18N4OS. The highest BCUT2D eigenvalue weighted by atomic mass is 32.1. The third-order valence-corrected chi connectivity index (χ3v) is 3.52. The molecule has 0 aliphatic heterocycles. The highest BCUT2D eigenvalue weighted by Gasteiger charge is 2.10. The van der Waals surface area contributed by atoms with Gasteiger partial charge >= 0.3 is 0 Å². The van der Waals surface area contributed by atoms with E-state index in [0.29, 0.717) is 0 Å². The van der Waals surface area contributed by atoms with Gasteiger partial charge in [0.25, 0.3) is 0 Å². The van der Waals surface area contributed by atoms with Crippen LogP contribution in [0.25, 0.3) is 10.6 Å². The molecule has 0 radical (unpaired) electrons. The summed E-state index contributed by atoms with van der Waals surface area (Å²) < 4.78 is 0. The Morgan fingerprint density at radius 2 is 2.11 bits per heavy atom. The van der Waals surface area contributed by atoms with E-state index >= 15 is 0 Å². The molecule has 0 saturated carbocycles. The Hall–Kier alpha value is -1.53. The first kappa shape index (κ1) is 13.9. The van der Waals surface area contributed by atoms with Crippen molar-refractivity contribution in [1.82, 2.24) is 20.5 Å². The first-order chi connectivity index (χ1) is 8.94. The smallest absolute Gasteiger partial charge is 0.247 e. The van der Waals surface area contributed by atoms with Crippen molar-refractivity contribution in [2.75, 3.05) is 6.54 Å². The van der Waals surface area contributed by atoms with Gasteiger partial charge in [-0.15, -0.1) is 10.2 Å². The molecule has 0 fully saturated rings. The molecule has 0 amide bonds. The standard InChI is InChI=1S/C13H18N4OS/c1-13(2,3)15-7-6-11-16-17-12(19-11)9-4-5-10(18)14-8-9/h4-5,8,15H,6-7H2,1-3H3,(H,14,18). The number of pyridine rings is 1. The van der Waals surface area contributed by atoms with E-state index < -0.39 is 0 Å². The zero-order chi connectivity index (χ0) is 13.9. The van der Waals surface area contributed by atoms with Crippen LogP contribution >= 0.6 is 11.3 Å². The summed E-state index contributed by atoms with van der Waals surface area (Å²) in [6.07, 6.45) is 2.53. The summed E-state index contributed by atoms with van der Waals surface area (Å²) in [7, 11) is 0. The molecule has 5 nitrogen and oxygen atoms in total. The van der Waals surface area contributed by atoms with Gasteiger partial charge < -0.3 is 10.3 Å². The van der Waals surface area contributed by atoms with Crippen LogP contribution in [-0.2, 0) is 6.42 Å². The second kappa shape index (κ2) is 5.63. The van der Waals surface area contributed by atoms with Crippen LogP contribution in [0.2, 0.25) is 0 Å². The van der Waals surface area contributed by atoms with E-state index in [9.17, 15) is 4.79 Å². The molecule has 2 N–H and O–H groups in total. The lowest BCUT2D eigenvalue weighted by molar-refractivity contribution is 0.429. The Labute approximate surface area is 116 Å². The Kier molecular flexibility index (Phi) is 4.11. The summed E-state index contributed by atoms with van der Waals surface area (Å²) >= 11 is 1.56. The number of hydrogen-bond donors (Lipinski definition) is 2. The zero-order valence-corrected chi connectivity index (χ0v) is 12.2. The Bertz CT molecular complexity index is 577. The summed E-state index contributed by atoms with van der Waals surface area (Å²) in [5.41, 5.74) is 0.905. The lowest BCUT2D eigenvalue weighted by atomic mass is 10.1. The molecule has 0 spiro atoms. The van der Waals surface area contributed by atoms with Gasteiger partial charge in [-0.3, -0.25) is 4.79 Å². The van der Waals surface area contributed by atoms with Crippen LogP contribution in [0.4, 0.5) is 0 Å². The topological polar surface area (TPSA) is 70.7 Å². The van der Waals surface area contributed by atoms with Gasteiger partial charge in [0.15, 0.2) is 0 Å². The van der Waals surface area contributed by atoms with Gasteiger partial charge in [0.2, 0.25) is 5.56 Å². The minimum absolute atomic E-state index is 0.108. The lowest BCUT2D eigenvalue weighted by Crippen LogP contribution is -2.37. The predicted octanol–water partition coefficient (Wildman–Crippen LogP) is 1.82.